The zero-order valence-corrected chi connectivity index (χ0v) is 6.86. The molecule has 0 fully saturated rings. The average molecular weight is 151 g/mol. The molecular formula is C10H14O. The Bertz CT molecular complexity index is 209. The van der Waals surface area contributed by atoms with Crippen LogP contribution in [0.1, 0.15) is 44.9 Å². The van der Waals surface area contributed by atoms with Crippen LogP contribution in [0.25, 0.3) is 0 Å². The van der Waals surface area contributed by atoms with Gasteiger partial charge in [-0.3, -0.25) is 4.79 Å². The smallest absolute Gasteiger partial charge is 0.158 e. The number of allylic oxidation sites excluding steroid dienone is 2. The first kappa shape index (κ1) is 7.08. The summed E-state index contributed by atoms with van der Waals surface area (Å²) in [6, 6.07) is 0. The van der Waals surface area contributed by atoms with Crippen molar-refractivity contribution in [2.75, 3.05) is 0 Å². The minimum atomic E-state index is 0.450. The maximum atomic E-state index is 11.4. The van der Waals surface area contributed by atoms with Gasteiger partial charge >= 0.3 is 0 Å². The molecule has 1 heteroatoms. The molecular weight excluding hydrogens is 137 g/mol. The first-order valence-electron chi connectivity index (χ1n) is 4.62. The van der Waals surface area contributed by atoms with Gasteiger partial charge in [0.05, 0.1) is 0 Å². The van der Waals surface area contributed by atoms with Gasteiger partial charge in [-0.15, -0.1) is 0 Å². The summed E-state index contributed by atoms with van der Waals surface area (Å²) in [6.07, 6.45) is 7.98. The van der Waals surface area contributed by atoms with Crippen molar-refractivity contribution < 1.29 is 4.79 Å². The number of Topliss-reactive ketones (excluding diaryl/α,β-unsaturated/α-hetero) is 1. The molecule has 0 spiro atoms. The SMILES string of the molecule is O=C1CCCC2=C1[13CH2]CCC2. The Morgan fingerprint density at radius 1 is 0.818 bits per heavy atom. The minimum Gasteiger partial charge on any atom is -0.295 e. The van der Waals surface area contributed by atoms with Crippen molar-refractivity contribution >= 4 is 5.78 Å². The van der Waals surface area contributed by atoms with Gasteiger partial charge in [0, 0.05) is 6.42 Å². The van der Waals surface area contributed by atoms with Crippen molar-refractivity contribution in [3.05, 3.63) is 11.1 Å². The lowest BCUT2D eigenvalue weighted by Gasteiger charge is -2.23. The Hall–Kier alpha value is -0.590. The maximum Gasteiger partial charge on any atom is 0.158 e. The summed E-state index contributed by atoms with van der Waals surface area (Å²) >= 11 is 0. The van der Waals surface area contributed by atoms with E-state index in [-0.39, 0.29) is 0 Å². The lowest BCUT2D eigenvalue weighted by atomic mass is 9.87. The third-order valence-corrected chi connectivity index (χ3v) is 2.80. The van der Waals surface area contributed by atoms with E-state index in [4.69, 9.17) is 0 Å². The van der Waals surface area contributed by atoms with E-state index < -0.39 is 0 Å². The van der Waals surface area contributed by atoms with Crippen LogP contribution in [0, 0.1) is 0 Å². The van der Waals surface area contributed by atoms with Gasteiger partial charge in [0.15, 0.2) is 5.78 Å². The van der Waals surface area contributed by atoms with E-state index in [0.29, 0.717) is 5.78 Å². The van der Waals surface area contributed by atoms with Gasteiger partial charge in [0.1, 0.15) is 0 Å². The number of hydrogen-bond acceptors (Lipinski definition) is 1. The Morgan fingerprint density at radius 2 is 1.55 bits per heavy atom. The molecule has 2 rings (SSSR count). The second-order valence-corrected chi connectivity index (χ2v) is 3.57. The lowest BCUT2D eigenvalue weighted by molar-refractivity contribution is -0.116. The highest BCUT2D eigenvalue weighted by atomic mass is 16.1. The number of rotatable bonds is 0. The largest absolute Gasteiger partial charge is 0.295 e. The van der Waals surface area contributed by atoms with Crippen molar-refractivity contribution in [1.82, 2.24) is 0 Å². The molecule has 0 radical (unpaired) electrons. The third-order valence-electron chi connectivity index (χ3n) is 2.80. The van der Waals surface area contributed by atoms with Crippen molar-refractivity contribution in [2.45, 2.75) is 44.9 Å². The monoisotopic (exact) mass is 151 g/mol. The van der Waals surface area contributed by atoms with Crippen LogP contribution < -0.4 is 0 Å². The van der Waals surface area contributed by atoms with Crippen LogP contribution >= 0.6 is 0 Å². The van der Waals surface area contributed by atoms with E-state index in [9.17, 15) is 4.79 Å². The van der Waals surface area contributed by atoms with E-state index in [1.807, 2.05) is 0 Å². The standard InChI is InChI=1S/C10H14O/c11-10-7-3-5-8-4-1-2-6-9(8)10/h1-7H2/i6+1. The summed E-state index contributed by atoms with van der Waals surface area (Å²) in [5.74, 6) is 0.450. The van der Waals surface area contributed by atoms with Crippen LogP contribution in [0.5, 0.6) is 0 Å². The number of ketones is 1. The topological polar surface area (TPSA) is 17.1 Å². The average Bonchev–Trinajstić information content (AvgIpc) is 2.06. The van der Waals surface area contributed by atoms with E-state index >= 15 is 0 Å². The number of carbonyl (C=O) groups excluding carboxylic acids is 1. The van der Waals surface area contributed by atoms with Crippen LogP contribution in [0.4, 0.5) is 0 Å². The van der Waals surface area contributed by atoms with Crippen LogP contribution in [-0.2, 0) is 4.79 Å². The predicted octanol–water partition coefficient (Wildman–Crippen LogP) is 2.61. The normalized spacial score (nSPS) is 25.3. The summed E-state index contributed by atoms with van der Waals surface area (Å²) in [4.78, 5) is 11.4. The van der Waals surface area contributed by atoms with Crippen molar-refractivity contribution in [3.63, 3.8) is 0 Å². The maximum absolute atomic E-state index is 11.4. The zero-order valence-electron chi connectivity index (χ0n) is 6.86. The minimum absolute atomic E-state index is 0.450. The zero-order chi connectivity index (χ0) is 7.68. The molecule has 2 aliphatic carbocycles. The van der Waals surface area contributed by atoms with Crippen molar-refractivity contribution in [1.29, 1.82) is 0 Å². The molecule has 0 heterocycles. The Labute approximate surface area is 67.5 Å². The van der Waals surface area contributed by atoms with Gasteiger partial charge < -0.3 is 0 Å². The first-order valence-corrected chi connectivity index (χ1v) is 4.62. The molecule has 0 N–H and O–H groups in total. The van der Waals surface area contributed by atoms with Gasteiger partial charge in [-0.1, -0.05) is 5.57 Å². The Balaban J connectivity index is 2.27. The van der Waals surface area contributed by atoms with E-state index in [0.717, 1.165) is 19.3 Å². The lowest BCUT2D eigenvalue weighted by Crippen LogP contribution is -2.14. The van der Waals surface area contributed by atoms with Crippen molar-refractivity contribution in [2.24, 2.45) is 0 Å². The van der Waals surface area contributed by atoms with Gasteiger partial charge in [0.25, 0.3) is 0 Å². The molecule has 60 valence electrons. The molecule has 0 aromatic heterocycles. The molecule has 0 saturated carbocycles. The second kappa shape index (κ2) is 2.80. The molecule has 0 bridgehead atoms. The summed E-state index contributed by atoms with van der Waals surface area (Å²) in [6.45, 7) is 0. The van der Waals surface area contributed by atoms with Crippen LogP contribution in [0.2, 0.25) is 0 Å². The van der Waals surface area contributed by atoms with Gasteiger partial charge in [-0.2, -0.15) is 0 Å². The molecule has 0 saturated heterocycles. The quantitative estimate of drug-likeness (QED) is 0.486. The molecule has 0 atom stereocenters. The summed E-state index contributed by atoms with van der Waals surface area (Å²) in [7, 11) is 0. The molecule has 2 aliphatic rings. The summed E-state index contributed by atoms with van der Waals surface area (Å²) in [5.41, 5.74) is 2.70. The number of hydrogen-bond donors (Lipinski definition) is 0. The van der Waals surface area contributed by atoms with Crippen LogP contribution in [0.15, 0.2) is 11.1 Å². The highest BCUT2D eigenvalue weighted by Gasteiger charge is 2.21. The third kappa shape index (κ3) is 1.24. The molecule has 1 nitrogen and oxygen atoms in total. The summed E-state index contributed by atoms with van der Waals surface area (Å²) in [5, 5.41) is 0. The second-order valence-electron chi connectivity index (χ2n) is 3.57. The molecule has 11 heavy (non-hydrogen) atoms. The fraction of sp³-hybridized carbons (Fsp3) is 0.700. The van der Waals surface area contributed by atoms with Crippen LogP contribution in [0.3, 0.4) is 0 Å². The van der Waals surface area contributed by atoms with E-state index in [2.05, 4.69) is 0 Å². The molecule has 0 aromatic rings. The summed E-state index contributed by atoms with van der Waals surface area (Å²) < 4.78 is 0. The molecule has 0 amide bonds. The highest BCUT2D eigenvalue weighted by Crippen LogP contribution is 2.33. The van der Waals surface area contributed by atoms with Crippen LogP contribution in [-0.4, -0.2) is 5.78 Å². The van der Waals surface area contributed by atoms with Gasteiger partial charge in [-0.25, -0.2) is 0 Å². The van der Waals surface area contributed by atoms with Gasteiger partial charge in [-0.05, 0) is 44.1 Å². The fourth-order valence-corrected chi connectivity index (χ4v) is 2.19. The Morgan fingerprint density at radius 3 is 2.36 bits per heavy atom. The number of carbonyl (C=O) groups is 1. The predicted molar refractivity (Wildman–Crippen MR) is 44.4 cm³/mol. The molecule has 0 aromatic carbocycles. The fourth-order valence-electron chi connectivity index (χ4n) is 2.19. The van der Waals surface area contributed by atoms with Crippen molar-refractivity contribution in [3.8, 4) is 0 Å². The van der Waals surface area contributed by atoms with Gasteiger partial charge in [0.2, 0.25) is 0 Å². The molecule has 0 unspecified atom stereocenters. The Kier molecular flexibility index (Phi) is 1.80. The van der Waals surface area contributed by atoms with E-state index in [1.54, 1.807) is 0 Å². The highest BCUT2D eigenvalue weighted by molar-refractivity contribution is 5.97. The molecule has 0 aliphatic heterocycles. The van der Waals surface area contributed by atoms with E-state index in [1.165, 1.54) is 36.8 Å². The first-order chi connectivity index (χ1) is 5.38.